The van der Waals surface area contributed by atoms with Crippen LogP contribution in [0.2, 0.25) is 0 Å². The van der Waals surface area contributed by atoms with Gasteiger partial charge < -0.3 is 19.1 Å². The van der Waals surface area contributed by atoms with Crippen LogP contribution in [-0.4, -0.2) is 74.5 Å². The molecule has 1 aromatic carbocycles. The lowest BCUT2D eigenvalue weighted by Gasteiger charge is -2.34. The number of ether oxygens (including phenoxy) is 1. The maximum absolute atomic E-state index is 13.8. The lowest BCUT2D eigenvalue weighted by Crippen LogP contribution is -2.41. The van der Waals surface area contributed by atoms with E-state index in [2.05, 4.69) is 35.6 Å². The molecule has 2 fully saturated rings. The number of nitrogens with zero attached hydrogens (tertiary/aromatic N) is 5. The first-order valence-electron chi connectivity index (χ1n) is 16.9. The van der Waals surface area contributed by atoms with Gasteiger partial charge in [0.15, 0.2) is 0 Å². The molecule has 2 aliphatic rings. The minimum Gasteiger partial charge on any atom is -0.488 e. The highest BCUT2D eigenvalue weighted by atomic mass is 16.5. The fraction of sp³-hybridized carbons (Fsp3) is 0.484. The summed E-state index contributed by atoms with van der Waals surface area (Å²) in [5.74, 6) is -0.473. The van der Waals surface area contributed by atoms with Crippen LogP contribution >= 0.6 is 0 Å². The monoisotopic (exact) mass is 550 g/mol. The molecule has 0 unspecified atom stereocenters. The van der Waals surface area contributed by atoms with Gasteiger partial charge in [0.1, 0.15) is 17.4 Å². The quantitative estimate of drug-likeness (QED) is 0.417. The third-order valence-electron chi connectivity index (χ3n) is 7.72. The predicted octanol–water partition coefficient (Wildman–Crippen LogP) is 4.98. The molecule has 0 bridgehead atoms. The zero-order chi connectivity index (χ0) is 33.3. The van der Waals surface area contributed by atoms with Gasteiger partial charge in [-0.15, -0.1) is 0 Å². The van der Waals surface area contributed by atoms with Crippen LogP contribution in [0.3, 0.4) is 0 Å². The van der Waals surface area contributed by atoms with Gasteiger partial charge in [-0.3, -0.25) is 19.9 Å². The van der Waals surface area contributed by atoms with E-state index < -0.39 is 42.3 Å². The second kappa shape index (κ2) is 12.2. The van der Waals surface area contributed by atoms with Crippen LogP contribution in [0.4, 0.5) is 5.95 Å². The molecule has 40 heavy (non-hydrogen) atoms. The number of carbonyl (C=O) groups is 2. The number of anilines is 1. The molecular formula is C31H40N6O3. The van der Waals surface area contributed by atoms with Gasteiger partial charge >= 0.3 is 0 Å². The predicted molar refractivity (Wildman–Crippen MR) is 157 cm³/mol. The number of carbonyl (C=O) groups excluding carboxylic acids is 2. The van der Waals surface area contributed by atoms with Gasteiger partial charge in [-0.25, -0.2) is 4.98 Å². The number of hydrogen-bond donors (Lipinski definition) is 1. The Morgan fingerprint density at radius 1 is 1.23 bits per heavy atom. The number of aryl methyl sites for hydroxylation is 1. The smallest absolute Gasteiger partial charge is 0.258 e. The molecule has 2 amide bonds. The van der Waals surface area contributed by atoms with Crippen molar-refractivity contribution in [3.05, 3.63) is 60.4 Å². The topological polar surface area (TPSA) is 92.6 Å². The molecule has 1 N–H and O–H groups in total. The number of hydrogen-bond acceptors (Lipinski definition) is 6. The molecule has 5 rings (SSSR count). The Bertz CT molecular complexity index is 1630. The largest absolute Gasteiger partial charge is 0.488 e. The molecule has 2 aromatic heterocycles. The first-order chi connectivity index (χ1) is 21.8. The fourth-order valence-corrected chi connectivity index (χ4v) is 5.60. The van der Waals surface area contributed by atoms with E-state index in [9.17, 15) is 9.59 Å². The van der Waals surface area contributed by atoms with Crippen molar-refractivity contribution >= 4 is 28.8 Å². The van der Waals surface area contributed by atoms with E-state index in [0.29, 0.717) is 42.3 Å². The van der Waals surface area contributed by atoms with E-state index in [1.807, 2.05) is 16.7 Å². The van der Waals surface area contributed by atoms with Crippen LogP contribution in [0, 0.1) is 6.85 Å². The Morgan fingerprint density at radius 3 is 2.80 bits per heavy atom. The number of piperidine rings is 1. The number of rotatable bonds is 7. The normalized spacial score (nSPS) is 21.5. The van der Waals surface area contributed by atoms with Gasteiger partial charge in [0, 0.05) is 53.8 Å². The fourth-order valence-electron chi connectivity index (χ4n) is 5.60. The average Bonchev–Trinajstić information content (AvgIpc) is 3.19. The van der Waals surface area contributed by atoms with Gasteiger partial charge in [0.2, 0.25) is 11.9 Å². The van der Waals surface area contributed by atoms with Crippen LogP contribution in [0.25, 0.3) is 11.0 Å². The van der Waals surface area contributed by atoms with Crippen molar-refractivity contribution in [1.29, 1.82) is 0 Å². The standard InChI is InChI=1S/C31H40N6O3/c1-5-28(38)36-16-7-6-9-24(20-36)37-29-26(33-31(37)34-30(39)23-12-15-32-22(4)19-23)10-8-11-27(29)40-25-13-17-35(18-14-25)21(2)3/h5,8,10-12,15,19,21,24-25H,1,6-7,9,13-14,16-18,20H2,2-4H3,(H,33,34,39)/t24-/m1/s1/i4D3,12D,15D,19D. The number of aromatic nitrogens is 3. The molecule has 212 valence electrons. The van der Waals surface area contributed by atoms with Gasteiger partial charge in [0.05, 0.1) is 15.7 Å². The third-order valence-corrected chi connectivity index (χ3v) is 7.72. The first kappa shape index (κ1) is 21.1. The molecule has 9 nitrogen and oxygen atoms in total. The Balaban J connectivity index is 1.59. The second-order valence-corrected chi connectivity index (χ2v) is 10.7. The highest BCUT2D eigenvalue weighted by molar-refractivity contribution is 6.04. The minimum atomic E-state index is -2.86. The molecule has 0 radical (unpaired) electrons. The maximum Gasteiger partial charge on any atom is 0.258 e. The molecule has 2 saturated heterocycles. The highest BCUT2D eigenvalue weighted by Gasteiger charge is 2.29. The number of amides is 2. The maximum atomic E-state index is 13.8. The molecule has 0 saturated carbocycles. The lowest BCUT2D eigenvalue weighted by molar-refractivity contribution is -0.126. The van der Waals surface area contributed by atoms with Gasteiger partial charge in [-0.05, 0) is 83.1 Å². The van der Waals surface area contributed by atoms with Crippen molar-refractivity contribution < 1.29 is 22.6 Å². The Kier molecular flexibility index (Phi) is 6.43. The van der Waals surface area contributed by atoms with Crippen LogP contribution in [-0.2, 0) is 4.79 Å². The Hall–Kier alpha value is -3.72. The highest BCUT2D eigenvalue weighted by Crippen LogP contribution is 2.36. The van der Waals surface area contributed by atoms with Gasteiger partial charge in [-0.1, -0.05) is 12.6 Å². The van der Waals surface area contributed by atoms with E-state index in [1.54, 1.807) is 11.0 Å². The van der Waals surface area contributed by atoms with Gasteiger partial charge in [-0.2, -0.15) is 0 Å². The summed E-state index contributed by atoms with van der Waals surface area (Å²) in [5.41, 5.74) is -0.135. The molecule has 0 aliphatic carbocycles. The molecule has 3 aromatic rings. The lowest BCUT2D eigenvalue weighted by atomic mass is 10.1. The number of fused-ring (bicyclic) bond motifs is 1. The summed E-state index contributed by atoms with van der Waals surface area (Å²) in [6.07, 6.45) is 4.48. The number of likely N-dealkylation sites (tertiary alicyclic amines) is 2. The van der Waals surface area contributed by atoms with Crippen LogP contribution < -0.4 is 10.1 Å². The summed E-state index contributed by atoms with van der Waals surface area (Å²) in [7, 11) is 0. The Labute approximate surface area is 244 Å². The first-order valence-corrected chi connectivity index (χ1v) is 13.9. The van der Waals surface area contributed by atoms with E-state index in [0.717, 1.165) is 38.8 Å². The molecule has 2 aliphatic heterocycles. The number of pyridine rings is 1. The van der Waals surface area contributed by atoms with E-state index in [-0.39, 0.29) is 24.0 Å². The second-order valence-electron chi connectivity index (χ2n) is 10.7. The number of imidazole rings is 1. The van der Waals surface area contributed by atoms with Crippen molar-refractivity contribution in [3.63, 3.8) is 0 Å². The zero-order valence-electron chi connectivity index (χ0n) is 29.1. The average molecular weight is 551 g/mol. The Morgan fingerprint density at radius 2 is 2.05 bits per heavy atom. The molecule has 1 atom stereocenters. The summed E-state index contributed by atoms with van der Waals surface area (Å²) in [4.78, 5) is 39.0. The van der Waals surface area contributed by atoms with Crippen LogP contribution in [0.5, 0.6) is 5.75 Å². The van der Waals surface area contributed by atoms with Crippen molar-refractivity contribution in [2.75, 3.05) is 31.5 Å². The number of benzene rings is 1. The van der Waals surface area contributed by atoms with Crippen LogP contribution in [0.15, 0.2) is 49.1 Å². The number of nitrogens with one attached hydrogen (secondary N) is 1. The van der Waals surface area contributed by atoms with Crippen LogP contribution in [0.1, 0.15) is 76.3 Å². The van der Waals surface area contributed by atoms with Crippen molar-refractivity contribution in [1.82, 2.24) is 24.3 Å². The molecule has 9 heteroatoms. The summed E-state index contributed by atoms with van der Waals surface area (Å²) in [6, 6.07) is 4.21. The molecule has 0 spiro atoms. The van der Waals surface area contributed by atoms with E-state index >= 15 is 0 Å². The van der Waals surface area contributed by atoms with Gasteiger partial charge in [0.25, 0.3) is 5.91 Å². The third kappa shape index (κ3) is 6.04. The number of para-hydroxylation sites is 1. The van der Waals surface area contributed by atoms with E-state index in [4.69, 9.17) is 17.9 Å². The van der Waals surface area contributed by atoms with Crippen molar-refractivity contribution in [2.45, 2.75) is 71.0 Å². The molecular weight excluding hydrogens is 504 g/mol. The summed E-state index contributed by atoms with van der Waals surface area (Å²) >= 11 is 0. The zero-order valence-corrected chi connectivity index (χ0v) is 23.1. The summed E-state index contributed by atoms with van der Waals surface area (Å²) < 4.78 is 56.5. The summed E-state index contributed by atoms with van der Waals surface area (Å²) in [5, 5.41) is 2.72. The minimum absolute atomic E-state index is 0.0303. The van der Waals surface area contributed by atoms with E-state index in [1.165, 1.54) is 6.08 Å². The van der Waals surface area contributed by atoms with Crippen molar-refractivity contribution in [2.24, 2.45) is 0 Å². The molecule has 4 heterocycles. The summed E-state index contributed by atoms with van der Waals surface area (Å²) in [6.45, 7) is 7.84. The van der Waals surface area contributed by atoms with Crippen molar-refractivity contribution in [3.8, 4) is 5.75 Å². The SMILES string of the molecule is [2H]c1nc(C([2H])([2H])[2H])c([2H])c(C(=O)Nc2nc3cccc(OC4CCN(C(C)C)CC4)c3n2[C@@H]2CCCCN(C(=O)C=C)C2)c1[2H].